The van der Waals surface area contributed by atoms with Crippen LogP contribution in [-0.4, -0.2) is 0 Å². The van der Waals surface area contributed by atoms with E-state index in [-0.39, 0.29) is 0 Å². The molecule has 0 amide bonds. The molecule has 2 rings (SSSR count). The standard InChI is InChI=1S/C10H14/c1-2-3-9-6-8-4-5-10(9)7-8/h2-3,6,8,10H,4-5,7H2,1H3/b3-2-. The fourth-order valence-corrected chi connectivity index (χ4v) is 2.26. The quantitative estimate of drug-likeness (QED) is 0.517. The van der Waals surface area contributed by atoms with Crippen molar-refractivity contribution in [2.45, 2.75) is 26.2 Å². The first kappa shape index (κ1) is 6.21. The Balaban J connectivity index is 2.17. The van der Waals surface area contributed by atoms with Gasteiger partial charge < -0.3 is 0 Å². The van der Waals surface area contributed by atoms with Crippen LogP contribution in [0.2, 0.25) is 0 Å². The molecule has 0 heterocycles. The molecular formula is C10H14. The molecule has 10 heavy (non-hydrogen) atoms. The van der Waals surface area contributed by atoms with Crippen LogP contribution in [0.3, 0.4) is 0 Å². The van der Waals surface area contributed by atoms with Crippen molar-refractivity contribution < 1.29 is 0 Å². The second-order valence-corrected chi connectivity index (χ2v) is 3.44. The van der Waals surface area contributed by atoms with Crippen LogP contribution in [0.15, 0.2) is 23.8 Å². The maximum Gasteiger partial charge on any atom is -0.0159 e. The molecule has 0 aromatic carbocycles. The molecule has 2 atom stereocenters. The molecule has 0 spiro atoms. The summed E-state index contributed by atoms with van der Waals surface area (Å²) in [6.07, 6.45) is 11.2. The smallest absolute Gasteiger partial charge is 0.0159 e. The SMILES string of the molecule is C/C=C\C1=CC2CCC1C2. The summed E-state index contributed by atoms with van der Waals surface area (Å²) in [4.78, 5) is 0. The second-order valence-electron chi connectivity index (χ2n) is 3.44. The molecule has 0 saturated heterocycles. The predicted octanol–water partition coefficient (Wildman–Crippen LogP) is 2.92. The van der Waals surface area contributed by atoms with Crippen LogP contribution in [-0.2, 0) is 0 Å². The molecule has 2 aliphatic carbocycles. The third-order valence-corrected chi connectivity index (χ3v) is 2.73. The maximum atomic E-state index is 2.47. The minimum Gasteiger partial charge on any atom is -0.0874 e. The Labute approximate surface area is 62.6 Å². The molecule has 0 aliphatic heterocycles. The van der Waals surface area contributed by atoms with E-state index in [2.05, 4.69) is 25.2 Å². The van der Waals surface area contributed by atoms with Crippen LogP contribution in [0.25, 0.3) is 0 Å². The highest BCUT2D eigenvalue weighted by Crippen LogP contribution is 2.43. The second kappa shape index (κ2) is 2.26. The van der Waals surface area contributed by atoms with Gasteiger partial charge in [0, 0.05) is 0 Å². The number of allylic oxidation sites excluding steroid dienone is 4. The molecule has 2 aliphatic rings. The van der Waals surface area contributed by atoms with Crippen molar-refractivity contribution in [1.29, 1.82) is 0 Å². The lowest BCUT2D eigenvalue weighted by atomic mass is 9.98. The van der Waals surface area contributed by atoms with E-state index in [1.54, 1.807) is 5.57 Å². The Hall–Kier alpha value is -0.520. The molecule has 0 aromatic rings. The monoisotopic (exact) mass is 134 g/mol. The van der Waals surface area contributed by atoms with Crippen molar-refractivity contribution in [2.24, 2.45) is 11.8 Å². The molecular weight excluding hydrogens is 120 g/mol. The fraction of sp³-hybridized carbons (Fsp3) is 0.600. The molecule has 54 valence electrons. The van der Waals surface area contributed by atoms with Crippen molar-refractivity contribution in [3.63, 3.8) is 0 Å². The molecule has 0 nitrogen and oxygen atoms in total. The fourth-order valence-electron chi connectivity index (χ4n) is 2.26. The van der Waals surface area contributed by atoms with Crippen molar-refractivity contribution in [2.75, 3.05) is 0 Å². The van der Waals surface area contributed by atoms with Gasteiger partial charge in [-0.1, -0.05) is 18.2 Å². The van der Waals surface area contributed by atoms with E-state index in [0.717, 1.165) is 11.8 Å². The normalized spacial score (nSPS) is 37.5. The number of rotatable bonds is 1. The Morgan fingerprint density at radius 3 is 2.90 bits per heavy atom. The number of fused-ring (bicyclic) bond motifs is 2. The van der Waals surface area contributed by atoms with Crippen LogP contribution in [0.4, 0.5) is 0 Å². The van der Waals surface area contributed by atoms with Gasteiger partial charge >= 0.3 is 0 Å². The van der Waals surface area contributed by atoms with E-state index in [1.165, 1.54) is 19.3 Å². The van der Waals surface area contributed by atoms with Crippen LogP contribution in [0.1, 0.15) is 26.2 Å². The Morgan fingerprint density at radius 2 is 2.40 bits per heavy atom. The highest BCUT2D eigenvalue weighted by molar-refractivity contribution is 5.29. The average molecular weight is 134 g/mol. The minimum atomic E-state index is 0.932. The summed E-state index contributed by atoms with van der Waals surface area (Å²) >= 11 is 0. The minimum absolute atomic E-state index is 0.932. The summed E-state index contributed by atoms with van der Waals surface area (Å²) < 4.78 is 0. The molecule has 2 bridgehead atoms. The molecule has 0 N–H and O–H groups in total. The van der Waals surface area contributed by atoms with E-state index in [1.807, 2.05) is 0 Å². The van der Waals surface area contributed by atoms with Crippen molar-refractivity contribution in [3.8, 4) is 0 Å². The molecule has 0 heteroatoms. The van der Waals surface area contributed by atoms with Gasteiger partial charge in [-0.3, -0.25) is 0 Å². The molecule has 2 unspecified atom stereocenters. The summed E-state index contributed by atoms with van der Waals surface area (Å²) in [5.74, 6) is 1.87. The van der Waals surface area contributed by atoms with Gasteiger partial charge in [0.1, 0.15) is 0 Å². The van der Waals surface area contributed by atoms with E-state index in [4.69, 9.17) is 0 Å². The van der Waals surface area contributed by atoms with Crippen LogP contribution in [0.5, 0.6) is 0 Å². The largest absolute Gasteiger partial charge is 0.0874 e. The van der Waals surface area contributed by atoms with Gasteiger partial charge in [-0.05, 0) is 43.6 Å². The Morgan fingerprint density at radius 1 is 1.50 bits per heavy atom. The topological polar surface area (TPSA) is 0 Å². The number of hydrogen-bond donors (Lipinski definition) is 0. The maximum absolute atomic E-state index is 2.47. The van der Waals surface area contributed by atoms with Gasteiger partial charge in [0.2, 0.25) is 0 Å². The molecule has 1 fully saturated rings. The zero-order valence-electron chi connectivity index (χ0n) is 6.51. The zero-order chi connectivity index (χ0) is 6.97. The first-order valence-electron chi connectivity index (χ1n) is 4.24. The summed E-state index contributed by atoms with van der Waals surface area (Å²) in [6, 6.07) is 0. The lowest BCUT2D eigenvalue weighted by molar-refractivity contribution is 0.671. The van der Waals surface area contributed by atoms with E-state index < -0.39 is 0 Å². The predicted molar refractivity (Wildman–Crippen MR) is 43.7 cm³/mol. The van der Waals surface area contributed by atoms with Gasteiger partial charge in [-0.2, -0.15) is 0 Å². The first-order valence-corrected chi connectivity index (χ1v) is 4.24. The highest BCUT2D eigenvalue weighted by Gasteiger charge is 2.30. The third kappa shape index (κ3) is 0.828. The van der Waals surface area contributed by atoms with Crippen molar-refractivity contribution in [3.05, 3.63) is 23.8 Å². The zero-order valence-corrected chi connectivity index (χ0v) is 6.51. The van der Waals surface area contributed by atoms with Crippen LogP contribution < -0.4 is 0 Å². The van der Waals surface area contributed by atoms with Crippen molar-refractivity contribution >= 4 is 0 Å². The van der Waals surface area contributed by atoms with Crippen LogP contribution in [0, 0.1) is 11.8 Å². The van der Waals surface area contributed by atoms with Crippen LogP contribution >= 0.6 is 0 Å². The average Bonchev–Trinajstić information content (AvgIpc) is 2.48. The van der Waals surface area contributed by atoms with E-state index >= 15 is 0 Å². The third-order valence-electron chi connectivity index (χ3n) is 2.73. The summed E-state index contributed by atoms with van der Waals surface area (Å²) in [6.45, 7) is 2.10. The van der Waals surface area contributed by atoms with Gasteiger partial charge in [0.25, 0.3) is 0 Å². The summed E-state index contributed by atoms with van der Waals surface area (Å²) in [5.41, 5.74) is 1.61. The van der Waals surface area contributed by atoms with Gasteiger partial charge in [-0.15, -0.1) is 0 Å². The Bertz CT molecular complexity index is 186. The van der Waals surface area contributed by atoms with Gasteiger partial charge in [0.05, 0.1) is 0 Å². The lowest BCUT2D eigenvalue weighted by Gasteiger charge is -2.07. The van der Waals surface area contributed by atoms with Crippen molar-refractivity contribution in [1.82, 2.24) is 0 Å². The summed E-state index contributed by atoms with van der Waals surface area (Å²) in [5, 5.41) is 0. The van der Waals surface area contributed by atoms with E-state index in [0.29, 0.717) is 0 Å². The molecule has 0 aromatic heterocycles. The van der Waals surface area contributed by atoms with Gasteiger partial charge in [0.15, 0.2) is 0 Å². The summed E-state index contributed by atoms with van der Waals surface area (Å²) in [7, 11) is 0. The highest BCUT2D eigenvalue weighted by atomic mass is 14.4. The van der Waals surface area contributed by atoms with Gasteiger partial charge in [-0.25, -0.2) is 0 Å². The first-order chi connectivity index (χ1) is 4.90. The Kier molecular flexibility index (Phi) is 1.40. The molecule has 0 radical (unpaired) electrons. The number of hydrogen-bond acceptors (Lipinski definition) is 0. The van der Waals surface area contributed by atoms with E-state index in [9.17, 15) is 0 Å². The lowest BCUT2D eigenvalue weighted by Crippen LogP contribution is -1.93. The molecule has 1 saturated carbocycles.